The predicted molar refractivity (Wildman–Crippen MR) is 99.7 cm³/mol. The van der Waals surface area contributed by atoms with Gasteiger partial charge in [-0.3, -0.25) is 9.59 Å². The Bertz CT molecular complexity index is 592. The lowest BCUT2D eigenvalue weighted by Crippen LogP contribution is -2.46. The zero-order valence-electron chi connectivity index (χ0n) is 16.0. The highest BCUT2D eigenvalue weighted by molar-refractivity contribution is 5.94. The standard InChI is InChI=1S/C19H32N4O2/c1-5-22(6-2)11-9-20-18(24)16-8-7-10-23(13-16)19(25)17-14(3)12-15(4)21-17/h12,16,21H,5-11,13H2,1-4H3,(H,20,24)/t16-/m1/s1. The molecular formula is C19H32N4O2. The number of carbonyl (C=O) groups excluding carboxylic acids is 2. The van der Waals surface area contributed by atoms with Crippen molar-refractivity contribution < 1.29 is 9.59 Å². The third-order valence-corrected chi connectivity index (χ3v) is 5.06. The lowest BCUT2D eigenvalue weighted by atomic mass is 9.96. The fraction of sp³-hybridized carbons (Fsp3) is 0.684. The Morgan fingerprint density at radius 1 is 1.32 bits per heavy atom. The average Bonchev–Trinajstić information content (AvgIpc) is 2.96. The van der Waals surface area contributed by atoms with Crippen molar-refractivity contribution in [3.8, 4) is 0 Å². The number of likely N-dealkylation sites (N-methyl/N-ethyl adjacent to an activating group) is 1. The second-order valence-corrected chi connectivity index (χ2v) is 6.92. The summed E-state index contributed by atoms with van der Waals surface area (Å²) in [5.41, 5.74) is 2.61. The summed E-state index contributed by atoms with van der Waals surface area (Å²) in [5.74, 6) is -0.0268. The summed E-state index contributed by atoms with van der Waals surface area (Å²) in [6.07, 6.45) is 1.72. The number of H-pyrrole nitrogens is 1. The second-order valence-electron chi connectivity index (χ2n) is 6.92. The van der Waals surface area contributed by atoms with Gasteiger partial charge in [0.15, 0.2) is 0 Å². The van der Waals surface area contributed by atoms with E-state index >= 15 is 0 Å². The van der Waals surface area contributed by atoms with Crippen LogP contribution in [0.15, 0.2) is 6.07 Å². The van der Waals surface area contributed by atoms with Crippen LogP contribution in [0.5, 0.6) is 0 Å². The van der Waals surface area contributed by atoms with E-state index in [1.165, 1.54) is 0 Å². The quantitative estimate of drug-likeness (QED) is 0.791. The summed E-state index contributed by atoms with van der Waals surface area (Å²) < 4.78 is 0. The van der Waals surface area contributed by atoms with Gasteiger partial charge in [0.1, 0.15) is 5.69 Å². The SMILES string of the molecule is CCN(CC)CCNC(=O)[C@@H]1CCCN(C(=O)c2[nH]c(C)cc2C)C1. The van der Waals surface area contributed by atoms with E-state index in [1.54, 1.807) is 0 Å². The molecule has 1 aromatic rings. The van der Waals surface area contributed by atoms with Gasteiger partial charge in [0.2, 0.25) is 5.91 Å². The molecule has 6 heteroatoms. The van der Waals surface area contributed by atoms with E-state index in [-0.39, 0.29) is 17.7 Å². The van der Waals surface area contributed by atoms with Crippen LogP contribution in [0.3, 0.4) is 0 Å². The number of piperidine rings is 1. The number of likely N-dealkylation sites (tertiary alicyclic amines) is 1. The minimum atomic E-state index is -0.106. The van der Waals surface area contributed by atoms with Crippen LogP contribution in [0.25, 0.3) is 0 Å². The van der Waals surface area contributed by atoms with Gasteiger partial charge in [0.05, 0.1) is 5.92 Å². The lowest BCUT2D eigenvalue weighted by Gasteiger charge is -2.32. The third-order valence-electron chi connectivity index (χ3n) is 5.06. The number of aromatic nitrogens is 1. The summed E-state index contributed by atoms with van der Waals surface area (Å²) in [6.45, 7) is 12.9. The first-order valence-corrected chi connectivity index (χ1v) is 9.41. The molecule has 140 valence electrons. The number of aromatic amines is 1. The average molecular weight is 348 g/mol. The number of hydrogen-bond acceptors (Lipinski definition) is 3. The first-order valence-electron chi connectivity index (χ1n) is 9.41. The van der Waals surface area contributed by atoms with Gasteiger partial charge in [0.25, 0.3) is 5.91 Å². The van der Waals surface area contributed by atoms with Gasteiger partial charge in [-0.25, -0.2) is 0 Å². The number of carbonyl (C=O) groups is 2. The highest BCUT2D eigenvalue weighted by Gasteiger charge is 2.29. The molecule has 2 N–H and O–H groups in total. The predicted octanol–water partition coefficient (Wildman–Crippen LogP) is 1.94. The number of rotatable bonds is 7. The van der Waals surface area contributed by atoms with E-state index in [1.807, 2.05) is 24.8 Å². The first kappa shape index (κ1) is 19.5. The van der Waals surface area contributed by atoms with Gasteiger partial charge in [-0.15, -0.1) is 0 Å². The van der Waals surface area contributed by atoms with Gasteiger partial charge in [-0.2, -0.15) is 0 Å². The van der Waals surface area contributed by atoms with Crippen LogP contribution in [0.2, 0.25) is 0 Å². The molecule has 0 bridgehead atoms. The monoisotopic (exact) mass is 348 g/mol. The van der Waals surface area contributed by atoms with E-state index in [0.29, 0.717) is 18.8 Å². The minimum absolute atomic E-state index is 0.00578. The smallest absolute Gasteiger partial charge is 0.270 e. The van der Waals surface area contributed by atoms with Crippen molar-refractivity contribution in [1.29, 1.82) is 0 Å². The fourth-order valence-electron chi connectivity index (χ4n) is 3.51. The Morgan fingerprint density at radius 2 is 2.04 bits per heavy atom. The molecule has 2 amide bonds. The molecule has 0 radical (unpaired) electrons. The number of nitrogens with one attached hydrogen (secondary N) is 2. The molecule has 1 fully saturated rings. The Kier molecular flexibility index (Phi) is 7.05. The molecule has 1 aromatic heterocycles. The van der Waals surface area contributed by atoms with Crippen LogP contribution >= 0.6 is 0 Å². The molecular weight excluding hydrogens is 316 g/mol. The third kappa shape index (κ3) is 5.08. The Balaban J connectivity index is 1.88. The number of hydrogen-bond donors (Lipinski definition) is 2. The van der Waals surface area contributed by atoms with Crippen molar-refractivity contribution in [3.63, 3.8) is 0 Å². The topological polar surface area (TPSA) is 68.4 Å². The zero-order chi connectivity index (χ0) is 18.4. The van der Waals surface area contributed by atoms with Crippen LogP contribution < -0.4 is 5.32 Å². The molecule has 1 saturated heterocycles. The van der Waals surface area contributed by atoms with E-state index in [9.17, 15) is 9.59 Å². The van der Waals surface area contributed by atoms with Crippen molar-refractivity contribution in [1.82, 2.24) is 20.1 Å². The molecule has 2 rings (SSSR count). The van der Waals surface area contributed by atoms with Gasteiger partial charge in [0, 0.05) is 31.9 Å². The molecule has 0 spiro atoms. The molecule has 0 aromatic carbocycles. The molecule has 2 heterocycles. The van der Waals surface area contributed by atoms with E-state index in [0.717, 1.165) is 50.3 Å². The van der Waals surface area contributed by atoms with Crippen molar-refractivity contribution in [2.45, 2.75) is 40.5 Å². The maximum absolute atomic E-state index is 12.7. The molecule has 1 atom stereocenters. The molecule has 6 nitrogen and oxygen atoms in total. The lowest BCUT2D eigenvalue weighted by molar-refractivity contribution is -0.126. The molecule has 0 unspecified atom stereocenters. The zero-order valence-corrected chi connectivity index (χ0v) is 16.0. The Morgan fingerprint density at radius 3 is 2.64 bits per heavy atom. The van der Waals surface area contributed by atoms with E-state index in [2.05, 4.69) is 29.0 Å². The summed E-state index contributed by atoms with van der Waals surface area (Å²) in [5, 5.41) is 3.04. The molecule has 0 saturated carbocycles. The summed E-state index contributed by atoms with van der Waals surface area (Å²) >= 11 is 0. The molecule has 1 aliphatic heterocycles. The van der Waals surface area contributed by atoms with Crippen molar-refractivity contribution in [2.24, 2.45) is 5.92 Å². The van der Waals surface area contributed by atoms with Gasteiger partial charge in [-0.05, 0) is 51.4 Å². The second kappa shape index (κ2) is 9.04. The van der Waals surface area contributed by atoms with Crippen LogP contribution in [0, 0.1) is 19.8 Å². The van der Waals surface area contributed by atoms with Crippen LogP contribution in [-0.4, -0.2) is 65.9 Å². The minimum Gasteiger partial charge on any atom is -0.355 e. The number of amides is 2. The molecule has 25 heavy (non-hydrogen) atoms. The van der Waals surface area contributed by atoms with Gasteiger partial charge in [-0.1, -0.05) is 13.8 Å². The first-order chi connectivity index (χ1) is 12.0. The van der Waals surface area contributed by atoms with Crippen molar-refractivity contribution in [2.75, 3.05) is 39.3 Å². The molecule has 1 aliphatic rings. The highest BCUT2D eigenvalue weighted by atomic mass is 16.2. The van der Waals surface area contributed by atoms with Gasteiger partial charge >= 0.3 is 0 Å². The fourth-order valence-corrected chi connectivity index (χ4v) is 3.51. The van der Waals surface area contributed by atoms with Crippen LogP contribution in [0.1, 0.15) is 48.4 Å². The Hall–Kier alpha value is -1.82. The van der Waals surface area contributed by atoms with E-state index in [4.69, 9.17) is 0 Å². The number of nitrogens with zero attached hydrogens (tertiary/aromatic N) is 2. The van der Waals surface area contributed by atoms with Crippen LogP contribution in [-0.2, 0) is 4.79 Å². The summed E-state index contributed by atoms with van der Waals surface area (Å²) in [4.78, 5) is 32.4. The normalized spacial score (nSPS) is 17.8. The van der Waals surface area contributed by atoms with Crippen molar-refractivity contribution >= 4 is 11.8 Å². The Labute approximate surface area is 151 Å². The largest absolute Gasteiger partial charge is 0.355 e. The summed E-state index contributed by atoms with van der Waals surface area (Å²) in [7, 11) is 0. The molecule has 0 aliphatic carbocycles. The maximum atomic E-state index is 12.7. The summed E-state index contributed by atoms with van der Waals surface area (Å²) in [6, 6.07) is 1.98. The highest BCUT2D eigenvalue weighted by Crippen LogP contribution is 2.20. The van der Waals surface area contributed by atoms with Gasteiger partial charge < -0.3 is 20.1 Å². The van der Waals surface area contributed by atoms with E-state index < -0.39 is 0 Å². The maximum Gasteiger partial charge on any atom is 0.270 e. The van der Waals surface area contributed by atoms with Crippen molar-refractivity contribution in [3.05, 3.63) is 23.0 Å². The number of aryl methyl sites for hydroxylation is 2. The van der Waals surface area contributed by atoms with Crippen LogP contribution in [0.4, 0.5) is 0 Å².